The summed E-state index contributed by atoms with van der Waals surface area (Å²) in [5, 5.41) is 0. The Balaban J connectivity index is 2.00. The molecular weight excluding hydrogens is 322 g/mol. The molecule has 0 bridgehead atoms. The molecule has 0 saturated carbocycles. The summed E-state index contributed by atoms with van der Waals surface area (Å²) in [5.74, 6) is 1.95. The number of hydrogen-bond acceptors (Lipinski definition) is 5. The Bertz CT molecular complexity index is 478. The van der Waals surface area contributed by atoms with Crippen LogP contribution < -0.4 is 0 Å². The summed E-state index contributed by atoms with van der Waals surface area (Å²) in [7, 11) is -1.85. The van der Waals surface area contributed by atoms with E-state index in [-0.39, 0.29) is 18.5 Å². The van der Waals surface area contributed by atoms with Crippen molar-refractivity contribution in [2.24, 2.45) is 0 Å². The van der Waals surface area contributed by atoms with Crippen molar-refractivity contribution < 1.29 is 13.2 Å². The first-order valence-electron chi connectivity index (χ1n) is 7.89. The van der Waals surface area contributed by atoms with Gasteiger partial charge in [-0.25, -0.2) is 8.42 Å². The molecule has 1 amide bonds. The van der Waals surface area contributed by atoms with E-state index in [1.165, 1.54) is 19.9 Å². The number of nitrogens with zero attached hydrogens (tertiary/aromatic N) is 3. The molecule has 2 fully saturated rings. The number of hydrogen-bond donors (Lipinski definition) is 0. The standard InChI is InChI=1S/C14H27N3O3S2/c1-15(22(2,19)20)11-14(18)17-8-5-9-21-12-13(17)10-16-6-3-4-7-16/h13H,3-12H2,1-2H3/t13-/m1/s1. The van der Waals surface area contributed by atoms with Crippen LogP contribution in [0.25, 0.3) is 0 Å². The maximum atomic E-state index is 12.6. The smallest absolute Gasteiger partial charge is 0.238 e. The van der Waals surface area contributed by atoms with Crippen molar-refractivity contribution in [2.75, 3.05) is 57.5 Å². The van der Waals surface area contributed by atoms with E-state index in [9.17, 15) is 13.2 Å². The number of thioether (sulfide) groups is 1. The van der Waals surface area contributed by atoms with Crippen LogP contribution in [0, 0.1) is 0 Å². The summed E-state index contributed by atoms with van der Waals surface area (Å²) in [5.41, 5.74) is 0. The molecule has 22 heavy (non-hydrogen) atoms. The minimum atomic E-state index is -3.32. The Morgan fingerprint density at radius 2 is 1.91 bits per heavy atom. The number of likely N-dealkylation sites (tertiary alicyclic amines) is 1. The second-order valence-corrected chi connectivity index (χ2v) is 9.44. The van der Waals surface area contributed by atoms with E-state index in [0.29, 0.717) is 0 Å². The average molecular weight is 350 g/mol. The molecule has 0 aromatic carbocycles. The Labute approximate surface area is 138 Å². The third-order valence-corrected chi connectivity index (χ3v) is 6.81. The highest BCUT2D eigenvalue weighted by molar-refractivity contribution is 7.99. The van der Waals surface area contributed by atoms with Gasteiger partial charge in [0.1, 0.15) is 0 Å². The zero-order chi connectivity index (χ0) is 16.2. The monoisotopic (exact) mass is 349 g/mol. The first-order valence-corrected chi connectivity index (χ1v) is 10.9. The fraction of sp³-hybridized carbons (Fsp3) is 0.929. The van der Waals surface area contributed by atoms with Crippen LogP contribution in [-0.4, -0.2) is 92.0 Å². The predicted octanol–water partition coefficient (Wildman–Crippen LogP) is 0.308. The molecule has 2 heterocycles. The molecule has 0 aromatic heterocycles. The highest BCUT2D eigenvalue weighted by Crippen LogP contribution is 2.19. The van der Waals surface area contributed by atoms with Crippen molar-refractivity contribution in [3.63, 3.8) is 0 Å². The number of sulfonamides is 1. The van der Waals surface area contributed by atoms with Gasteiger partial charge in [-0.1, -0.05) is 0 Å². The highest BCUT2D eigenvalue weighted by Gasteiger charge is 2.29. The third kappa shape index (κ3) is 5.11. The van der Waals surface area contributed by atoms with Gasteiger partial charge in [0.05, 0.1) is 18.8 Å². The molecule has 2 rings (SSSR count). The van der Waals surface area contributed by atoms with Gasteiger partial charge in [0, 0.05) is 25.9 Å². The van der Waals surface area contributed by atoms with E-state index >= 15 is 0 Å². The molecule has 2 saturated heterocycles. The Morgan fingerprint density at radius 1 is 1.23 bits per heavy atom. The quantitative estimate of drug-likeness (QED) is 0.715. The van der Waals surface area contributed by atoms with Gasteiger partial charge in [-0.3, -0.25) is 4.79 Å². The molecule has 2 aliphatic heterocycles. The van der Waals surface area contributed by atoms with Crippen LogP contribution in [0.15, 0.2) is 0 Å². The van der Waals surface area contributed by atoms with E-state index < -0.39 is 10.0 Å². The molecule has 0 aliphatic carbocycles. The lowest BCUT2D eigenvalue weighted by Gasteiger charge is -2.33. The van der Waals surface area contributed by atoms with E-state index in [2.05, 4.69) is 4.90 Å². The largest absolute Gasteiger partial charge is 0.336 e. The Hall–Kier alpha value is -0.310. The van der Waals surface area contributed by atoms with E-state index in [1.54, 1.807) is 0 Å². The van der Waals surface area contributed by atoms with Gasteiger partial charge in [-0.05, 0) is 38.1 Å². The zero-order valence-electron chi connectivity index (χ0n) is 13.5. The van der Waals surface area contributed by atoms with Gasteiger partial charge in [0.25, 0.3) is 0 Å². The molecule has 1 atom stereocenters. The summed E-state index contributed by atoms with van der Waals surface area (Å²) >= 11 is 1.90. The number of carbonyl (C=O) groups is 1. The first-order chi connectivity index (χ1) is 10.4. The summed E-state index contributed by atoms with van der Waals surface area (Å²) < 4.78 is 24.2. The van der Waals surface area contributed by atoms with E-state index in [0.717, 1.165) is 54.7 Å². The van der Waals surface area contributed by atoms with Gasteiger partial charge < -0.3 is 9.80 Å². The summed E-state index contributed by atoms with van der Waals surface area (Å²) in [6.45, 7) is 3.84. The molecule has 8 heteroatoms. The predicted molar refractivity (Wildman–Crippen MR) is 90.6 cm³/mol. The average Bonchev–Trinajstić information content (AvgIpc) is 2.82. The first kappa shape index (κ1) is 18.0. The van der Waals surface area contributed by atoms with Crippen LogP contribution in [0.1, 0.15) is 19.3 Å². The topological polar surface area (TPSA) is 60.9 Å². The SMILES string of the molecule is CN(CC(=O)N1CCCSC[C@H]1CN1CCCC1)S(C)(=O)=O. The maximum Gasteiger partial charge on any atom is 0.238 e. The van der Waals surface area contributed by atoms with Crippen molar-refractivity contribution in [3.8, 4) is 0 Å². The lowest BCUT2D eigenvalue weighted by atomic mass is 10.2. The second kappa shape index (κ2) is 7.99. The summed E-state index contributed by atoms with van der Waals surface area (Å²) in [4.78, 5) is 16.9. The van der Waals surface area contributed by atoms with Gasteiger partial charge in [-0.15, -0.1) is 0 Å². The molecule has 0 unspecified atom stereocenters. The van der Waals surface area contributed by atoms with Gasteiger partial charge in [0.2, 0.25) is 15.9 Å². The van der Waals surface area contributed by atoms with E-state index in [1.807, 2.05) is 16.7 Å². The molecule has 2 aliphatic rings. The van der Waals surface area contributed by atoms with Crippen molar-refractivity contribution in [1.29, 1.82) is 0 Å². The lowest BCUT2D eigenvalue weighted by Crippen LogP contribution is -2.50. The summed E-state index contributed by atoms with van der Waals surface area (Å²) in [6, 6.07) is 0.200. The van der Waals surface area contributed by atoms with Crippen LogP contribution in [0.2, 0.25) is 0 Å². The van der Waals surface area contributed by atoms with Crippen molar-refractivity contribution in [3.05, 3.63) is 0 Å². The molecule has 0 N–H and O–H groups in total. The van der Waals surface area contributed by atoms with Gasteiger partial charge in [0.15, 0.2) is 0 Å². The second-order valence-electron chi connectivity index (χ2n) is 6.20. The Morgan fingerprint density at radius 3 is 2.55 bits per heavy atom. The van der Waals surface area contributed by atoms with Crippen LogP contribution >= 0.6 is 11.8 Å². The Kier molecular flexibility index (Phi) is 6.55. The van der Waals surface area contributed by atoms with Gasteiger partial charge in [-0.2, -0.15) is 16.1 Å². The fourth-order valence-corrected chi connectivity index (χ4v) is 4.37. The molecule has 0 aromatic rings. The van der Waals surface area contributed by atoms with Crippen LogP contribution in [0.5, 0.6) is 0 Å². The third-order valence-electron chi connectivity index (χ3n) is 4.35. The van der Waals surface area contributed by atoms with Crippen LogP contribution in [0.3, 0.4) is 0 Å². The summed E-state index contributed by atoms with van der Waals surface area (Å²) in [6.07, 6.45) is 4.60. The molecule has 6 nitrogen and oxygen atoms in total. The van der Waals surface area contributed by atoms with Crippen LogP contribution in [-0.2, 0) is 14.8 Å². The number of amides is 1. The van der Waals surface area contributed by atoms with Gasteiger partial charge >= 0.3 is 0 Å². The fourth-order valence-electron chi connectivity index (χ4n) is 2.97. The van der Waals surface area contributed by atoms with Crippen molar-refractivity contribution in [2.45, 2.75) is 25.3 Å². The van der Waals surface area contributed by atoms with Crippen LogP contribution in [0.4, 0.5) is 0 Å². The zero-order valence-corrected chi connectivity index (χ0v) is 15.2. The minimum Gasteiger partial charge on any atom is -0.336 e. The number of rotatable bonds is 5. The molecule has 0 radical (unpaired) electrons. The lowest BCUT2D eigenvalue weighted by molar-refractivity contribution is -0.133. The number of likely N-dealkylation sites (N-methyl/N-ethyl adjacent to an activating group) is 1. The van der Waals surface area contributed by atoms with Crippen molar-refractivity contribution >= 4 is 27.7 Å². The van der Waals surface area contributed by atoms with Crippen molar-refractivity contribution in [1.82, 2.24) is 14.1 Å². The molecule has 128 valence electrons. The maximum absolute atomic E-state index is 12.6. The normalized spacial score (nSPS) is 24.7. The minimum absolute atomic E-state index is 0.0556. The van der Waals surface area contributed by atoms with E-state index in [4.69, 9.17) is 0 Å². The molecule has 0 spiro atoms. The number of carbonyl (C=O) groups excluding carboxylic acids is 1. The molecular formula is C14H27N3O3S2. The highest BCUT2D eigenvalue weighted by atomic mass is 32.2.